The van der Waals surface area contributed by atoms with Crippen molar-refractivity contribution >= 4 is 24.0 Å². The molecule has 0 radical (unpaired) electrons. The third kappa shape index (κ3) is 11.7. The van der Waals surface area contributed by atoms with E-state index < -0.39 is 24.0 Å². The molecule has 7 heteroatoms. The predicted octanol–water partition coefficient (Wildman–Crippen LogP) is 5.02. The summed E-state index contributed by atoms with van der Waals surface area (Å²) < 4.78 is 15.0. The molecule has 0 unspecified atom stereocenters. The van der Waals surface area contributed by atoms with Crippen molar-refractivity contribution < 1.29 is 18.9 Å². The second-order valence-corrected chi connectivity index (χ2v) is 20.8. The van der Waals surface area contributed by atoms with E-state index in [-0.39, 0.29) is 6.61 Å². The second kappa shape index (κ2) is 8.99. The van der Waals surface area contributed by atoms with E-state index >= 15 is 0 Å². The van der Waals surface area contributed by atoms with Crippen molar-refractivity contribution in [3.8, 4) is 0 Å². The van der Waals surface area contributed by atoms with Crippen LogP contribution in [-0.4, -0.2) is 32.5 Å². The molecule has 0 aromatic rings. The van der Waals surface area contributed by atoms with Gasteiger partial charge in [-0.15, -0.1) is 0 Å². The minimum Gasteiger partial charge on any atom is -0.303 e. The molecule has 0 rings (SSSR count). The smallest absolute Gasteiger partial charge is 0.303 e. The number of unbranched alkanes of at least 4 members (excludes halogenated alkanes) is 4. The molecule has 0 aliphatic rings. The van der Waals surface area contributed by atoms with Gasteiger partial charge in [0.15, 0.2) is 0 Å². The Morgan fingerprint density at radius 1 is 0.857 bits per heavy atom. The van der Waals surface area contributed by atoms with Gasteiger partial charge >= 0.3 is 7.82 Å². The van der Waals surface area contributed by atoms with Crippen LogP contribution in [0.5, 0.6) is 0 Å². The normalized spacial score (nSPS) is 14.0. The largest absolute Gasteiger partial charge is 0.469 e. The fourth-order valence-corrected chi connectivity index (χ4v) is 16.2. The lowest BCUT2D eigenvalue weighted by atomic mass is 10.1. The average molecular weight is 355 g/mol. The number of hydrogen-bond donors (Lipinski definition) is 2. The highest BCUT2D eigenvalue weighted by molar-refractivity contribution is 7.46. The van der Waals surface area contributed by atoms with Gasteiger partial charge in [0.05, 0.1) is 6.61 Å². The zero-order chi connectivity index (χ0) is 16.7. The van der Waals surface area contributed by atoms with Gasteiger partial charge in [-0.3, -0.25) is 4.52 Å². The molecular formula is C14H35O4PSi2. The highest BCUT2D eigenvalue weighted by atomic mass is 31.2. The molecule has 0 bridgehead atoms. The number of phosphoric ester groups is 1. The van der Waals surface area contributed by atoms with Crippen molar-refractivity contribution in [1.29, 1.82) is 0 Å². The maximum atomic E-state index is 10.5. The van der Waals surface area contributed by atoms with Crippen LogP contribution in [0.3, 0.4) is 0 Å². The first-order valence-corrected chi connectivity index (χ1v) is 16.7. The van der Waals surface area contributed by atoms with E-state index in [9.17, 15) is 4.57 Å². The van der Waals surface area contributed by atoms with Gasteiger partial charge in [0, 0.05) is 16.1 Å². The van der Waals surface area contributed by atoms with E-state index in [2.05, 4.69) is 43.8 Å². The van der Waals surface area contributed by atoms with Gasteiger partial charge in [0.2, 0.25) is 0 Å². The van der Waals surface area contributed by atoms with Gasteiger partial charge in [-0.25, -0.2) is 4.57 Å². The van der Waals surface area contributed by atoms with Gasteiger partial charge in [-0.05, 0) is 6.42 Å². The van der Waals surface area contributed by atoms with Gasteiger partial charge in [0.1, 0.15) is 0 Å². The molecule has 21 heavy (non-hydrogen) atoms. The summed E-state index contributed by atoms with van der Waals surface area (Å²) in [7, 11) is -6.41. The van der Waals surface area contributed by atoms with Crippen LogP contribution in [0.2, 0.25) is 44.4 Å². The van der Waals surface area contributed by atoms with Crippen molar-refractivity contribution in [3.63, 3.8) is 0 Å². The molecule has 0 fully saturated rings. The Kier molecular flexibility index (Phi) is 9.22. The maximum Gasteiger partial charge on any atom is 0.469 e. The predicted molar refractivity (Wildman–Crippen MR) is 96.1 cm³/mol. The standard InChI is InChI=1S/C14H35O4PSi2/c1-20(2,3)14(21(4,5)6)12-10-8-7-9-11-13-18-19(15,16)17/h14H,7-13H2,1-6H3,(H2,15,16,17). The fourth-order valence-electron chi connectivity index (χ4n) is 3.33. The summed E-state index contributed by atoms with van der Waals surface area (Å²) in [5, 5.41) is 0.975. The highest BCUT2D eigenvalue weighted by Crippen LogP contribution is 2.37. The summed E-state index contributed by atoms with van der Waals surface area (Å²) in [6.07, 6.45) is 6.74. The summed E-state index contributed by atoms with van der Waals surface area (Å²) in [6.45, 7) is 15.1. The molecule has 0 saturated heterocycles. The Hall–Kier alpha value is 0.544. The molecule has 0 amide bonds. The summed E-state index contributed by atoms with van der Waals surface area (Å²) in [5.41, 5.74) is 0. The van der Waals surface area contributed by atoms with E-state index in [0.717, 1.165) is 24.4 Å². The Morgan fingerprint density at radius 3 is 1.71 bits per heavy atom. The molecule has 0 spiro atoms. The van der Waals surface area contributed by atoms with Gasteiger partial charge in [-0.1, -0.05) is 76.6 Å². The SMILES string of the molecule is C[Si](C)(C)C(CCCCCCCOP(=O)(O)O)[Si](C)(C)C. The van der Waals surface area contributed by atoms with Crippen LogP contribution in [0.4, 0.5) is 0 Å². The number of hydrogen-bond acceptors (Lipinski definition) is 2. The van der Waals surface area contributed by atoms with Crippen LogP contribution in [-0.2, 0) is 9.09 Å². The maximum absolute atomic E-state index is 10.5. The van der Waals surface area contributed by atoms with Gasteiger partial charge in [0.25, 0.3) is 0 Å². The van der Waals surface area contributed by atoms with Crippen molar-refractivity contribution in [3.05, 3.63) is 0 Å². The van der Waals surface area contributed by atoms with Gasteiger partial charge < -0.3 is 9.79 Å². The molecule has 0 aromatic heterocycles. The van der Waals surface area contributed by atoms with E-state index in [1.54, 1.807) is 0 Å². The van der Waals surface area contributed by atoms with Gasteiger partial charge in [-0.2, -0.15) is 0 Å². The zero-order valence-electron chi connectivity index (χ0n) is 14.7. The lowest BCUT2D eigenvalue weighted by Crippen LogP contribution is -2.43. The lowest BCUT2D eigenvalue weighted by Gasteiger charge is -2.38. The first kappa shape index (κ1) is 21.5. The van der Waals surface area contributed by atoms with E-state index in [1.165, 1.54) is 19.3 Å². The Labute approximate surface area is 132 Å². The minimum absolute atomic E-state index is 0.163. The fraction of sp³-hybridized carbons (Fsp3) is 1.00. The van der Waals surface area contributed by atoms with E-state index in [1.807, 2.05) is 0 Å². The van der Waals surface area contributed by atoms with Crippen LogP contribution >= 0.6 is 7.82 Å². The second-order valence-electron chi connectivity index (χ2n) is 8.16. The Balaban J connectivity index is 3.81. The number of phosphoric acid groups is 1. The average Bonchev–Trinajstić information content (AvgIpc) is 2.21. The molecule has 0 aliphatic heterocycles. The van der Waals surface area contributed by atoms with Crippen LogP contribution < -0.4 is 0 Å². The van der Waals surface area contributed by atoms with Crippen molar-refractivity contribution in [2.75, 3.05) is 6.61 Å². The molecule has 2 N–H and O–H groups in total. The summed E-state index contributed by atoms with van der Waals surface area (Å²) >= 11 is 0. The summed E-state index contributed by atoms with van der Waals surface area (Å²) in [6, 6.07) is 0. The lowest BCUT2D eigenvalue weighted by molar-refractivity contribution is 0.193. The molecular weight excluding hydrogens is 319 g/mol. The van der Waals surface area contributed by atoms with E-state index in [4.69, 9.17) is 9.79 Å². The molecule has 0 aromatic carbocycles. The van der Waals surface area contributed by atoms with Crippen LogP contribution in [0.25, 0.3) is 0 Å². The van der Waals surface area contributed by atoms with Crippen molar-refractivity contribution in [2.45, 2.75) is 83.0 Å². The Bertz CT molecular complexity index is 317. The first-order chi connectivity index (χ1) is 9.34. The third-order valence-corrected chi connectivity index (χ3v) is 14.5. The molecule has 0 heterocycles. The molecule has 0 saturated carbocycles. The zero-order valence-corrected chi connectivity index (χ0v) is 17.6. The monoisotopic (exact) mass is 354 g/mol. The van der Waals surface area contributed by atoms with Crippen molar-refractivity contribution in [2.24, 2.45) is 0 Å². The summed E-state index contributed by atoms with van der Waals surface area (Å²) in [5.74, 6) is 0. The summed E-state index contributed by atoms with van der Waals surface area (Å²) in [4.78, 5) is 17.1. The highest BCUT2D eigenvalue weighted by Gasteiger charge is 2.36. The van der Waals surface area contributed by atoms with Crippen LogP contribution in [0.1, 0.15) is 38.5 Å². The van der Waals surface area contributed by atoms with Crippen LogP contribution in [0.15, 0.2) is 0 Å². The van der Waals surface area contributed by atoms with E-state index in [0.29, 0.717) is 0 Å². The molecule has 0 aliphatic carbocycles. The van der Waals surface area contributed by atoms with Crippen LogP contribution in [0, 0.1) is 0 Å². The first-order valence-electron chi connectivity index (χ1n) is 8.04. The molecule has 0 atom stereocenters. The quantitative estimate of drug-likeness (QED) is 0.310. The molecule has 4 nitrogen and oxygen atoms in total. The topological polar surface area (TPSA) is 66.8 Å². The van der Waals surface area contributed by atoms with Crippen molar-refractivity contribution in [1.82, 2.24) is 0 Å². The molecule has 128 valence electrons. The minimum atomic E-state index is -4.27. The Morgan fingerprint density at radius 2 is 1.29 bits per heavy atom. The third-order valence-electron chi connectivity index (χ3n) is 3.99. The number of rotatable bonds is 11.